The summed E-state index contributed by atoms with van der Waals surface area (Å²) in [7, 11) is 1.27. The number of hydrogen-bond donors (Lipinski definition) is 2. The van der Waals surface area contributed by atoms with E-state index in [1.54, 1.807) is 29.1 Å². The van der Waals surface area contributed by atoms with E-state index < -0.39 is 29.2 Å². The van der Waals surface area contributed by atoms with Gasteiger partial charge >= 0.3 is 0 Å². The van der Waals surface area contributed by atoms with Crippen LogP contribution in [0.2, 0.25) is 0 Å². The van der Waals surface area contributed by atoms with Gasteiger partial charge in [-0.3, -0.25) is 14.5 Å². The van der Waals surface area contributed by atoms with Crippen LogP contribution in [0, 0.1) is 0 Å². The van der Waals surface area contributed by atoms with Gasteiger partial charge in [-0.25, -0.2) is 9.55 Å². The zero-order valence-electron chi connectivity index (χ0n) is 19.1. The van der Waals surface area contributed by atoms with E-state index in [9.17, 15) is 19.5 Å². The minimum atomic E-state index is -1.47. The number of carbonyl (C=O) groups is 3. The van der Waals surface area contributed by atoms with Crippen LogP contribution < -0.4 is 20.7 Å². The Morgan fingerprint density at radius 1 is 1.41 bits per heavy atom. The molecule has 1 fully saturated rings. The number of amides is 2. The number of nitrogen functional groups attached to an aromatic ring is 1. The average Bonchev–Trinajstić information content (AvgIpc) is 3.58. The highest BCUT2D eigenvalue weighted by molar-refractivity contribution is 8.00. The second-order valence-electron chi connectivity index (χ2n) is 7.80. The number of carbonyl (C=O) groups excluding carboxylic acids is 3. The summed E-state index contributed by atoms with van der Waals surface area (Å²) in [5, 5.41) is 27.0. The first kappa shape index (κ1) is 24.4. The number of rotatable bonds is 8. The Hall–Kier alpha value is -4.31. The number of aliphatic carboxylic acids is 1. The Morgan fingerprint density at radius 3 is 2.81 bits per heavy atom. The normalized spacial score (nSPS) is 19.3. The van der Waals surface area contributed by atoms with Gasteiger partial charge in [-0.1, -0.05) is 5.16 Å². The van der Waals surface area contributed by atoms with Crippen molar-refractivity contribution in [3.63, 3.8) is 0 Å². The molecule has 2 aliphatic rings. The lowest BCUT2D eigenvalue weighted by atomic mass is 10.0. The van der Waals surface area contributed by atoms with Crippen LogP contribution in [0.15, 0.2) is 57.1 Å². The van der Waals surface area contributed by atoms with Crippen LogP contribution in [0.25, 0.3) is 11.5 Å². The van der Waals surface area contributed by atoms with Gasteiger partial charge in [-0.15, -0.1) is 33.3 Å². The lowest BCUT2D eigenvalue weighted by molar-refractivity contribution is -0.689. The molecule has 3 aromatic heterocycles. The molecule has 0 aliphatic carbocycles. The van der Waals surface area contributed by atoms with Gasteiger partial charge in [0.15, 0.2) is 29.8 Å². The van der Waals surface area contributed by atoms with E-state index in [1.807, 2.05) is 0 Å². The summed E-state index contributed by atoms with van der Waals surface area (Å²) < 4.78 is 6.93. The molecule has 3 aromatic rings. The highest BCUT2D eigenvalue weighted by atomic mass is 32.2. The Kier molecular flexibility index (Phi) is 6.58. The third kappa shape index (κ3) is 4.63. The molecule has 0 unspecified atom stereocenters. The number of anilines is 1. The quantitative estimate of drug-likeness (QED) is 0.146. The Labute approximate surface area is 216 Å². The van der Waals surface area contributed by atoms with E-state index in [4.69, 9.17) is 15.0 Å². The van der Waals surface area contributed by atoms with Gasteiger partial charge in [0.1, 0.15) is 24.2 Å². The molecule has 37 heavy (non-hydrogen) atoms. The van der Waals surface area contributed by atoms with Crippen LogP contribution in [0.3, 0.4) is 0 Å². The zero-order valence-corrected chi connectivity index (χ0v) is 20.7. The Morgan fingerprint density at radius 2 is 2.19 bits per heavy atom. The van der Waals surface area contributed by atoms with Gasteiger partial charge < -0.3 is 30.2 Å². The van der Waals surface area contributed by atoms with Crippen LogP contribution in [0.4, 0.5) is 5.13 Å². The topological polar surface area (TPSA) is 193 Å². The molecule has 2 atom stereocenters. The summed E-state index contributed by atoms with van der Waals surface area (Å²) in [5.74, 6) is -2.08. The molecule has 1 saturated heterocycles. The van der Waals surface area contributed by atoms with Crippen molar-refractivity contribution in [3.05, 3.63) is 53.3 Å². The van der Waals surface area contributed by atoms with E-state index in [-0.39, 0.29) is 28.8 Å². The average molecular weight is 543 g/mol. The molecule has 16 heteroatoms. The van der Waals surface area contributed by atoms with E-state index in [2.05, 4.69) is 25.7 Å². The highest BCUT2D eigenvalue weighted by Gasteiger charge is 2.53. The second kappa shape index (κ2) is 9.98. The standard InChI is InChI=1S/C21H18N8O6S2/c1-34-27-13(12-8-37-21(22)24-12)16(30)25-14-18(31)29-15(20(32)33)11(7-36-19(14)29)6-28-4-2-10(3-5-28)17-26-23-9-35-17/h2-5,8-9,14,19H,6-7H2,1H3,(H3-,22,24,25,30,32,33)/t14-,19+/m1/s1. The third-order valence-electron chi connectivity index (χ3n) is 5.56. The summed E-state index contributed by atoms with van der Waals surface area (Å²) in [6, 6.07) is 2.54. The summed E-state index contributed by atoms with van der Waals surface area (Å²) in [4.78, 5) is 47.8. The molecular weight excluding hydrogens is 524 g/mol. The fraction of sp³-hybridized carbons (Fsp3) is 0.238. The lowest BCUT2D eigenvalue weighted by Gasteiger charge is -2.50. The molecular formula is C21H18N8O6S2. The van der Waals surface area contributed by atoms with Crippen molar-refractivity contribution in [2.24, 2.45) is 5.16 Å². The van der Waals surface area contributed by atoms with E-state index in [0.29, 0.717) is 22.8 Å². The monoisotopic (exact) mass is 542 g/mol. The van der Waals surface area contributed by atoms with Crippen molar-refractivity contribution >= 4 is 51.7 Å². The molecule has 0 spiro atoms. The largest absolute Gasteiger partial charge is 0.543 e. The van der Waals surface area contributed by atoms with Crippen molar-refractivity contribution in [2.75, 3.05) is 18.6 Å². The molecule has 5 heterocycles. The van der Waals surface area contributed by atoms with Crippen LogP contribution in [-0.4, -0.2) is 67.9 Å². The summed E-state index contributed by atoms with van der Waals surface area (Å²) in [6.45, 7) is 0.212. The number of carboxylic acid groups (broad SMARTS) is 1. The highest BCUT2D eigenvalue weighted by Crippen LogP contribution is 2.40. The minimum Gasteiger partial charge on any atom is -0.543 e. The first-order valence-corrected chi connectivity index (χ1v) is 12.6. The number of thioether (sulfide) groups is 1. The fourth-order valence-electron chi connectivity index (χ4n) is 3.92. The maximum Gasteiger partial charge on any atom is 0.276 e. The predicted octanol–water partition coefficient (Wildman–Crippen LogP) is -1.48. The van der Waals surface area contributed by atoms with E-state index >= 15 is 0 Å². The third-order valence-corrected chi connectivity index (χ3v) is 7.57. The smallest absolute Gasteiger partial charge is 0.276 e. The van der Waals surface area contributed by atoms with Gasteiger partial charge in [0.25, 0.3) is 11.8 Å². The van der Waals surface area contributed by atoms with Gasteiger partial charge in [0, 0.05) is 28.8 Å². The number of nitrogens with two attached hydrogens (primary N) is 1. The molecule has 2 amide bonds. The molecule has 0 aromatic carbocycles. The van der Waals surface area contributed by atoms with Crippen molar-refractivity contribution in [3.8, 4) is 11.5 Å². The number of thiazole rings is 1. The SMILES string of the molecule is CON=C(C(=O)N[C@@H]1C(=O)N2C(C(=O)[O-])=C(C[n+]3ccc(-c4nnco4)cc3)CS[C@@H]12)c1csc(N)n1. The molecule has 0 radical (unpaired) electrons. The second-order valence-corrected chi connectivity index (χ2v) is 9.79. The molecule has 190 valence electrons. The number of carboxylic acids is 1. The predicted molar refractivity (Wildman–Crippen MR) is 127 cm³/mol. The number of fused-ring (bicyclic) bond motifs is 1. The Balaban J connectivity index is 1.32. The van der Waals surface area contributed by atoms with Crippen LogP contribution in [0.1, 0.15) is 5.69 Å². The van der Waals surface area contributed by atoms with Gasteiger partial charge in [-0.2, -0.15) is 0 Å². The Bertz CT molecular complexity index is 1420. The number of hydrogen-bond acceptors (Lipinski definition) is 13. The lowest BCUT2D eigenvalue weighted by Crippen LogP contribution is -2.71. The number of aromatic nitrogens is 4. The van der Waals surface area contributed by atoms with Crippen LogP contribution in [0.5, 0.6) is 0 Å². The van der Waals surface area contributed by atoms with Crippen molar-refractivity contribution in [1.29, 1.82) is 0 Å². The van der Waals surface area contributed by atoms with Gasteiger partial charge in [-0.05, 0) is 0 Å². The molecule has 3 N–H and O–H groups in total. The van der Waals surface area contributed by atoms with Crippen molar-refractivity contribution in [1.82, 2.24) is 25.4 Å². The van der Waals surface area contributed by atoms with E-state index in [1.165, 1.54) is 30.6 Å². The first-order valence-electron chi connectivity index (χ1n) is 10.6. The first-order chi connectivity index (χ1) is 17.9. The number of β-lactam (4-membered cyclic amide) rings is 1. The molecule has 0 bridgehead atoms. The number of oxime groups is 1. The number of nitrogens with one attached hydrogen (secondary N) is 1. The maximum absolute atomic E-state index is 13.0. The number of pyridine rings is 1. The molecule has 5 rings (SSSR count). The van der Waals surface area contributed by atoms with Crippen LogP contribution in [-0.2, 0) is 25.8 Å². The molecule has 14 nitrogen and oxygen atoms in total. The van der Waals surface area contributed by atoms with Crippen molar-refractivity contribution < 1.29 is 33.3 Å². The summed E-state index contributed by atoms with van der Waals surface area (Å²) >= 11 is 2.45. The fourth-order valence-corrected chi connectivity index (χ4v) is 5.80. The molecule has 0 saturated carbocycles. The zero-order chi connectivity index (χ0) is 26.1. The number of nitrogens with zero attached hydrogens (tertiary/aromatic N) is 6. The van der Waals surface area contributed by atoms with E-state index in [0.717, 1.165) is 16.2 Å². The van der Waals surface area contributed by atoms with Crippen molar-refractivity contribution in [2.45, 2.75) is 18.0 Å². The maximum atomic E-state index is 13.0. The van der Waals surface area contributed by atoms with Gasteiger partial charge in [0.05, 0.1) is 17.2 Å². The van der Waals surface area contributed by atoms with Gasteiger partial charge in [0.2, 0.25) is 12.3 Å². The summed E-state index contributed by atoms with van der Waals surface area (Å²) in [6.07, 6.45) is 4.70. The van der Waals surface area contributed by atoms with Crippen LogP contribution >= 0.6 is 23.1 Å². The molecule has 2 aliphatic heterocycles. The minimum absolute atomic E-state index is 0.153. The summed E-state index contributed by atoms with van der Waals surface area (Å²) in [5.41, 5.74) is 6.68.